The molecule has 2 aromatic rings. The molecule has 0 saturated carbocycles. The van der Waals surface area contributed by atoms with Crippen LogP contribution in [0.2, 0.25) is 0 Å². The summed E-state index contributed by atoms with van der Waals surface area (Å²) < 4.78 is 7.41. The average Bonchev–Trinajstić information content (AvgIpc) is 2.69. The van der Waals surface area contributed by atoms with E-state index in [1.807, 2.05) is 6.92 Å². The minimum atomic E-state index is -0.415. The van der Waals surface area contributed by atoms with Crippen LogP contribution in [0.1, 0.15) is 23.1 Å². The molecule has 0 saturated heterocycles. The van der Waals surface area contributed by atoms with Crippen molar-refractivity contribution in [2.24, 2.45) is 0 Å². The predicted octanol–water partition coefficient (Wildman–Crippen LogP) is 1.98. The molecule has 2 aromatic heterocycles. The van der Waals surface area contributed by atoms with Crippen LogP contribution in [0, 0.1) is 6.92 Å². The van der Waals surface area contributed by atoms with Crippen LogP contribution in [0.3, 0.4) is 0 Å². The summed E-state index contributed by atoms with van der Waals surface area (Å²) in [6, 6.07) is 0. The Balaban J connectivity index is 2.52. The van der Waals surface area contributed by atoms with Gasteiger partial charge in [-0.05, 0) is 29.8 Å². The van der Waals surface area contributed by atoms with Crippen LogP contribution in [-0.2, 0) is 4.74 Å². The fourth-order valence-electron chi connectivity index (χ4n) is 1.36. The highest BCUT2D eigenvalue weighted by molar-refractivity contribution is 9.10. The lowest BCUT2D eigenvalue weighted by atomic mass is 10.5. The largest absolute Gasteiger partial charge is 0.461 e. The van der Waals surface area contributed by atoms with Crippen LogP contribution in [0.15, 0.2) is 17.0 Å². The van der Waals surface area contributed by atoms with E-state index in [4.69, 9.17) is 4.74 Å². The molecule has 16 heavy (non-hydrogen) atoms. The number of nitrogens with zero attached hydrogens (tertiary/aromatic N) is 3. The van der Waals surface area contributed by atoms with E-state index in [9.17, 15) is 4.79 Å². The first-order valence-corrected chi connectivity index (χ1v) is 5.60. The van der Waals surface area contributed by atoms with Crippen LogP contribution in [0.4, 0.5) is 0 Å². The van der Waals surface area contributed by atoms with Gasteiger partial charge in [0, 0.05) is 6.20 Å². The van der Waals surface area contributed by atoms with E-state index in [0.717, 1.165) is 10.3 Å². The molecule has 0 bridgehead atoms. The molecular weight excluding hydrogens is 274 g/mol. The number of ether oxygens (including phenoxy) is 1. The van der Waals surface area contributed by atoms with Crippen molar-refractivity contribution in [3.05, 3.63) is 28.4 Å². The molecule has 0 aromatic carbocycles. The summed E-state index contributed by atoms with van der Waals surface area (Å²) in [6.07, 6.45) is 3.24. The highest BCUT2D eigenvalue weighted by atomic mass is 79.9. The molecule has 0 amide bonds. The third-order valence-electron chi connectivity index (χ3n) is 2.17. The van der Waals surface area contributed by atoms with E-state index >= 15 is 0 Å². The second-order valence-corrected chi connectivity index (χ2v) is 3.96. The highest BCUT2D eigenvalue weighted by Gasteiger charge is 2.13. The molecule has 0 atom stereocenters. The number of carbonyl (C=O) groups is 1. The third kappa shape index (κ3) is 1.80. The Hall–Kier alpha value is -1.43. The second-order valence-electron chi connectivity index (χ2n) is 3.21. The van der Waals surface area contributed by atoms with Gasteiger partial charge >= 0.3 is 5.97 Å². The maximum absolute atomic E-state index is 11.5. The zero-order valence-electron chi connectivity index (χ0n) is 8.90. The van der Waals surface area contributed by atoms with Gasteiger partial charge in [0.1, 0.15) is 4.60 Å². The summed E-state index contributed by atoms with van der Waals surface area (Å²) in [7, 11) is 0. The first-order chi connectivity index (χ1) is 7.63. The van der Waals surface area contributed by atoms with Gasteiger partial charge < -0.3 is 4.74 Å². The predicted molar refractivity (Wildman–Crippen MR) is 61.4 cm³/mol. The van der Waals surface area contributed by atoms with Crippen LogP contribution in [0.5, 0.6) is 0 Å². The number of hydrogen-bond donors (Lipinski definition) is 0. The molecular formula is C10H10BrN3O2. The fourth-order valence-corrected chi connectivity index (χ4v) is 1.66. The smallest absolute Gasteiger partial charge is 0.358 e. The Labute approximate surface area is 101 Å². The van der Waals surface area contributed by atoms with E-state index in [-0.39, 0.29) is 0 Å². The average molecular weight is 284 g/mol. The van der Waals surface area contributed by atoms with E-state index in [1.165, 1.54) is 0 Å². The molecule has 6 heteroatoms. The molecule has 0 spiro atoms. The summed E-state index contributed by atoms with van der Waals surface area (Å²) in [5, 5.41) is 0. The topological polar surface area (TPSA) is 56.5 Å². The zero-order chi connectivity index (χ0) is 11.7. The van der Waals surface area contributed by atoms with Gasteiger partial charge in [-0.25, -0.2) is 14.8 Å². The van der Waals surface area contributed by atoms with Gasteiger partial charge in [-0.3, -0.25) is 4.40 Å². The number of fused-ring (bicyclic) bond motifs is 1. The molecule has 2 rings (SSSR count). The molecule has 2 heterocycles. The summed E-state index contributed by atoms with van der Waals surface area (Å²) in [4.78, 5) is 19.7. The molecule has 0 aliphatic rings. The Bertz CT molecular complexity index is 550. The standard InChI is InChI=1S/C10H10BrN3O2/c1-3-16-10(15)7-5-14-6(2)9(11)12-4-8(14)13-7/h4-5H,3H2,1-2H3. The van der Waals surface area contributed by atoms with Crippen molar-refractivity contribution in [2.75, 3.05) is 6.61 Å². The SMILES string of the molecule is CCOC(=O)c1cn2c(C)c(Br)ncc2n1. The van der Waals surface area contributed by atoms with Gasteiger partial charge in [-0.1, -0.05) is 0 Å². The number of carbonyl (C=O) groups excluding carboxylic acids is 1. The van der Waals surface area contributed by atoms with Crippen molar-refractivity contribution in [1.29, 1.82) is 0 Å². The maximum atomic E-state index is 11.5. The number of esters is 1. The summed E-state index contributed by atoms with van der Waals surface area (Å²) in [6.45, 7) is 3.99. The number of aromatic nitrogens is 3. The van der Waals surface area contributed by atoms with Crippen molar-refractivity contribution in [2.45, 2.75) is 13.8 Å². The van der Waals surface area contributed by atoms with Gasteiger partial charge in [0.15, 0.2) is 11.3 Å². The lowest BCUT2D eigenvalue weighted by Gasteiger charge is -1.99. The van der Waals surface area contributed by atoms with Crippen molar-refractivity contribution in [1.82, 2.24) is 14.4 Å². The van der Waals surface area contributed by atoms with E-state index in [0.29, 0.717) is 17.9 Å². The number of hydrogen-bond acceptors (Lipinski definition) is 4. The van der Waals surface area contributed by atoms with E-state index in [1.54, 1.807) is 23.7 Å². The Morgan fingerprint density at radius 2 is 2.38 bits per heavy atom. The lowest BCUT2D eigenvalue weighted by molar-refractivity contribution is 0.0520. The van der Waals surface area contributed by atoms with Crippen molar-refractivity contribution < 1.29 is 9.53 Å². The fraction of sp³-hybridized carbons (Fsp3) is 0.300. The molecule has 0 radical (unpaired) electrons. The lowest BCUT2D eigenvalue weighted by Crippen LogP contribution is -2.04. The van der Waals surface area contributed by atoms with Crippen LogP contribution in [0.25, 0.3) is 5.65 Å². The Morgan fingerprint density at radius 3 is 3.06 bits per heavy atom. The number of rotatable bonds is 2. The minimum Gasteiger partial charge on any atom is -0.461 e. The molecule has 84 valence electrons. The third-order valence-corrected chi connectivity index (χ3v) is 2.95. The Morgan fingerprint density at radius 1 is 1.62 bits per heavy atom. The zero-order valence-corrected chi connectivity index (χ0v) is 10.5. The van der Waals surface area contributed by atoms with E-state index < -0.39 is 5.97 Å². The van der Waals surface area contributed by atoms with Crippen LogP contribution >= 0.6 is 15.9 Å². The first kappa shape index (κ1) is 11.1. The van der Waals surface area contributed by atoms with Gasteiger partial charge in [-0.2, -0.15) is 0 Å². The highest BCUT2D eigenvalue weighted by Crippen LogP contribution is 2.15. The van der Waals surface area contributed by atoms with Crippen LogP contribution < -0.4 is 0 Å². The molecule has 0 N–H and O–H groups in total. The number of halogens is 1. The molecule has 0 aliphatic heterocycles. The summed E-state index contributed by atoms with van der Waals surface area (Å²) >= 11 is 3.32. The molecule has 0 aliphatic carbocycles. The van der Waals surface area contributed by atoms with Gasteiger partial charge in [0.05, 0.1) is 18.5 Å². The second kappa shape index (κ2) is 4.21. The maximum Gasteiger partial charge on any atom is 0.358 e. The number of aryl methyl sites for hydroxylation is 1. The quantitative estimate of drug-likeness (QED) is 0.791. The van der Waals surface area contributed by atoms with Gasteiger partial charge in [-0.15, -0.1) is 0 Å². The summed E-state index contributed by atoms with van der Waals surface area (Å²) in [5.74, 6) is -0.415. The minimum absolute atomic E-state index is 0.296. The van der Waals surface area contributed by atoms with E-state index in [2.05, 4.69) is 25.9 Å². The molecule has 5 nitrogen and oxygen atoms in total. The monoisotopic (exact) mass is 283 g/mol. The molecule has 0 unspecified atom stereocenters. The van der Waals surface area contributed by atoms with Crippen molar-refractivity contribution in [3.63, 3.8) is 0 Å². The first-order valence-electron chi connectivity index (χ1n) is 4.80. The van der Waals surface area contributed by atoms with Crippen LogP contribution in [-0.4, -0.2) is 26.9 Å². The van der Waals surface area contributed by atoms with Gasteiger partial charge in [0.2, 0.25) is 0 Å². The molecule has 0 fully saturated rings. The number of imidazole rings is 1. The Kier molecular flexibility index (Phi) is 2.91. The normalized spacial score (nSPS) is 10.7. The van der Waals surface area contributed by atoms with Crippen molar-refractivity contribution in [3.8, 4) is 0 Å². The summed E-state index contributed by atoms with van der Waals surface area (Å²) in [5.41, 5.74) is 1.81. The van der Waals surface area contributed by atoms with Gasteiger partial charge in [0.25, 0.3) is 0 Å². The van der Waals surface area contributed by atoms with Crippen molar-refractivity contribution >= 4 is 27.5 Å².